The number of thioether (sulfide) groups is 1. The van der Waals surface area contributed by atoms with Gasteiger partial charge in [0.25, 0.3) is 0 Å². The molecule has 0 aliphatic carbocycles. The first-order valence-corrected chi connectivity index (χ1v) is 7.04. The summed E-state index contributed by atoms with van der Waals surface area (Å²) in [6.07, 6.45) is 3.81. The Balaban J connectivity index is 1.95. The number of pyridine rings is 1. The average Bonchev–Trinajstić information content (AvgIpc) is 2.42. The number of hydrogen-bond acceptors (Lipinski definition) is 4. The maximum Gasteiger partial charge on any atom is 0.230 e. The summed E-state index contributed by atoms with van der Waals surface area (Å²) in [5.41, 5.74) is 7.63. The van der Waals surface area contributed by atoms with Crippen molar-refractivity contribution in [2.24, 2.45) is 0 Å². The molecule has 1 aromatic heterocycles. The third-order valence-electron chi connectivity index (χ3n) is 2.56. The molecule has 5 heteroatoms. The Labute approximate surface area is 116 Å². The van der Waals surface area contributed by atoms with Crippen molar-refractivity contribution >= 4 is 29.0 Å². The summed E-state index contributed by atoms with van der Waals surface area (Å²) in [4.78, 5) is 17.1. The number of carbonyl (C=O) groups is 1. The second-order valence-electron chi connectivity index (χ2n) is 4.04. The minimum absolute atomic E-state index is 0.0887. The second-order valence-corrected chi connectivity index (χ2v) is 4.92. The first-order chi connectivity index (χ1) is 9.17. The summed E-state index contributed by atoms with van der Waals surface area (Å²) in [6.45, 7) is 0. The van der Waals surface area contributed by atoms with Crippen LogP contribution in [0.4, 0.5) is 11.4 Å². The summed E-state index contributed by atoms with van der Waals surface area (Å²) in [6, 6.07) is 11.2. The largest absolute Gasteiger partial charge is 0.397 e. The van der Waals surface area contributed by atoms with Gasteiger partial charge in [-0.3, -0.25) is 9.78 Å². The van der Waals surface area contributed by atoms with Gasteiger partial charge in [-0.25, -0.2) is 0 Å². The van der Waals surface area contributed by atoms with Crippen molar-refractivity contribution < 1.29 is 4.79 Å². The SMILES string of the molecule is CSc1ccc(NC(=O)Cc2ccc(N)cn2)cc1. The number of nitrogen functional groups attached to an aromatic ring is 1. The molecule has 98 valence electrons. The Morgan fingerprint density at radius 2 is 2.00 bits per heavy atom. The molecule has 0 bridgehead atoms. The van der Waals surface area contributed by atoms with Crippen molar-refractivity contribution in [3.63, 3.8) is 0 Å². The van der Waals surface area contributed by atoms with E-state index in [1.165, 1.54) is 4.90 Å². The second kappa shape index (κ2) is 6.24. The van der Waals surface area contributed by atoms with Gasteiger partial charge in [0.15, 0.2) is 0 Å². The fraction of sp³-hybridized carbons (Fsp3) is 0.143. The number of nitrogens with zero attached hydrogens (tertiary/aromatic N) is 1. The summed E-state index contributed by atoms with van der Waals surface area (Å²) in [7, 11) is 0. The number of aromatic nitrogens is 1. The predicted octanol–water partition coefficient (Wildman–Crippen LogP) is 2.57. The molecule has 0 aliphatic heterocycles. The van der Waals surface area contributed by atoms with Crippen LogP contribution in [0, 0.1) is 0 Å². The normalized spacial score (nSPS) is 10.2. The standard InChI is InChI=1S/C14H15N3OS/c1-19-13-6-4-11(5-7-13)17-14(18)8-12-3-2-10(15)9-16-12/h2-7,9H,8,15H2,1H3,(H,17,18). The lowest BCUT2D eigenvalue weighted by Gasteiger charge is -2.05. The number of carbonyl (C=O) groups excluding carboxylic acids is 1. The molecule has 4 nitrogen and oxygen atoms in total. The monoisotopic (exact) mass is 273 g/mol. The van der Waals surface area contributed by atoms with Crippen LogP contribution < -0.4 is 11.1 Å². The van der Waals surface area contributed by atoms with Gasteiger partial charge < -0.3 is 11.1 Å². The number of benzene rings is 1. The van der Waals surface area contributed by atoms with E-state index in [0.29, 0.717) is 11.4 Å². The highest BCUT2D eigenvalue weighted by Crippen LogP contribution is 2.17. The van der Waals surface area contributed by atoms with E-state index in [4.69, 9.17) is 5.73 Å². The van der Waals surface area contributed by atoms with Crippen LogP contribution in [0.15, 0.2) is 47.5 Å². The van der Waals surface area contributed by atoms with E-state index in [2.05, 4.69) is 10.3 Å². The molecule has 1 aromatic carbocycles. The van der Waals surface area contributed by atoms with Crippen LogP contribution >= 0.6 is 11.8 Å². The molecule has 1 amide bonds. The van der Waals surface area contributed by atoms with Crippen LogP contribution in [0.3, 0.4) is 0 Å². The molecule has 0 atom stereocenters. The van der Waals surface area contributed by atoms with E-state index < -0.39 is 0 Å². The first kappa shape index (κ1) is 13.4. The minimum Gasteiger partial charge on any atom is -0.397 e. The zero-order valence-corrected chi connectivity index (χ0v) is 11.4. The lowest BCUT2D eigenvalue weighted by atomic mass is 10.2. The lowest BCUT2D eigenvalue weighted by molar-refractivity contribution is -0.115. The van der Waals surface area contributed by atoms with Gasteiger partial charge in [-0.15, -0.1) is 11.8 Å². The Morgan fingerprint density at radius 1 is 1.26 bits per heavy atom. The van der Waals surface area contributed by atoms with Gasteiger partial charge in [0, 0.05) is 16.3 Å². The molecule has 0 spiro atoms. The van der Waals surface area contributed by atoms with E-state index in [1.807, 2.05) is 30.5 Å². The van der Waals surface area contributed by atoms with Crippen molar-refractivity contribution in [3.8, 4) is 0 Å². The van der Waals surface area contributed by atoms with E-state index >= 15 is 0 Å². The van der Waals surface area contributed by atoms with Crippen LogP contribution in [0.5, 0.6) is 0 Å². The van der Waals surface area contributed by atoms with Crippen LogP contribution in [-0.4, -0.2) is 17.1 Å². The van der Waals surface area contributed by atoms with Crippen molar-refractivity contribution in [2.45, 2.75) is 11.3 Å². The Morgan fingerprint density at radius 3 is 2.58 bits per heavy atom. The highest BCUT2D eigenvalue weighted by molar-refractivity contribution is 7.98. The molecule has 0 saturated heterocycles. The van der Waals surface area contributed by atoms with E-state index in [9.17, 15) is 4.79 Å². The fourth-order valence-corrected chi connectivity index (χ4v) is 1.99. The molecule has 0 aliphatic rings. The molecule has 0 radical (unpaired) electrons. The van der Waals surface area contributed by atoms with Gasteiger partial charge in [-0.1, -0.05) is 0 Å². The average molecular weight is 273 g/mol. The molecule has 0 saturated carbocycles. The number of anilines is 2. The number of amides is 1. The number of nitrogens with one attached hydrogen (secondary N) is 1. The first-order valence-electron chi connectivity index (χ1n) is 5.81. The predicted molar refractivity (Wildman–Crippen MR) is 79.2 cm³/mol. The van der Waals surface area contributed by atoms with Crippen molar-refractivity contribution in [3.05, 3.63) is 48.3 Å². The highest BCUT2D eigenvalue weighted by atomic mass is 32.2. The Kier molecular flexibility index (Phi) is 4.41. The summed E-state index contributed by atoms with van der Waals surface area (Å²) in [5.74, 6) is -0.0887. The smallest absolute Gasteiger partial charge is 0.230 e. The zero-order valence-electron chi connectivity index (χ0n) is 10.6. The van der Waals surface area contributed by atoms with Gasteiger partial charge in [0.2, 0.25) is 5.91 Å². The van der Waals surface area contributed by atoms with Gasteiger partial charge in [0.1, 0.15) is 0 Å². The lowest BCUT2D eigenvalue weighted by Crippen LogP contribution is -2.15. The van der Waals surface area contributed by atoms with Crippen LogP contribution in [0.2, 0.25) is 0 Å². The van der Waals surface area contributed by atoms with Crippen molar-refractivity contribution in [1.82, 2.24) is 4.98 Å². The summed E-state index contributed by atoms with van der Waals surface area (Å²) < 4.78 is 0. The number of hydrogen-bond donors (Lipinski definition) is 2. The van der Waals surface area contributed by atoms with Gasteiger partial charge in [-0.05, 0) is 42.7 Å². The van der Waals surface area contributed by atoms with Gasteiger partial charge in [0.05, 0.1) is 18.3 Å². The maximum atomic E-state index is 11.8. The van der Waals surface area contributed by atoms with Gasteiger partial charge in [-0.2, -0.15) is 0 Å². The van der Waals surface area contributed by atoms with Crippen molar-refractivity contribution in [1.29, 1.82) is 0 Å². The molecule has 0 fully saturated rings. The zero-order chi connectivity index (χ0) is 13.7. The molecule has 2 rings (SSSR count). The van der Waals surface area contributed by atoms with Crippen LogP contribution in [0.1, 0.15) is 5.69 Å². The molecular formula is C14H15N3OS. The van der Waals surface area contributed by atoms with Crippen LogP contribution in [0.25, 0.3) is 0 Å². The van der Waals surface area contributed by atoms with Crippen molar-refractivity contribution in [2.75, 3.05) is 17.3 Å². The molecule has 3 N–H and O–H groups in total. The molecule has 19 heavy (non-hydrogen) atoms. The topological polar surface area (TPSA) is 68.0 Å². The Hall–Kier alpha value is -2.01. The molecule has 1 heterocycles. The number of nitrogens with two attached hydrogens (primary N) is 1. The third-order valence-corrected chi connectivity index (χ3v) is 3.31. The molecule has 2 aromatic rings. The van der Waals surface area contributed by atoms with E-state index in [-0.39, 0.29) is 12.3 Å². The van der Waals surface area contributed by atoms with E-state index in [0.717, 1.165) is 5.69 Å². The third kappa shape index (κ3) is 3.99. The Bertz CT molecular complexity index is 552. The van der Waals surface area contributed by atoms with E-state index in [1.54, 1.807) is 30.1 Å². The molecular weight excluding hydrogens is 258 g/mol. The van der Waals surface area contributed by atoms with Crippen LogP contribution in [-0.2, 0) is 11.2 Å². The summed E-state index contributed by atoms with van der Waals surface area (Å²) >= 11 is 1.67. The highest BCUT2D eigenvalue weighted by Gasteiger charge is 2.05. The summed E-state index contributed by atoms with van der Waals surface area (Å²) in [5, 5.41) is 2.84. The quantitative estimate of drug-likeness (QED) is 0.840. The molecule has 0 unspecified atom stereocenters. The minimum atomic E-state index is -0.0887. The number of rotatable bonds is 4. The fourth-order valence-electron chi connectivity index (χ4n) is 1.58. The maximum absolute atomic E-state index is 11.8. The van der Waals surface area contributed by atoms with Gasteiger partial charge >= 0.3 is 0 Å².